The highest BCUT2D eigenvalue weighted by molar-refractivity contribution is 5.65. The van der Waals surface area contributed by atoms with Crippen LogP contribution < -0.4 is 9.47 Å². The molecule has 5 heteroatoms. The summed E-state index contributed by atoms with van der Waals surface area (Å²) in [5.74, 6) is 2.09. The van der Waals surface area contributed by atoms with Crippen molar-refractivity contribution in [1.82, 2.24) is 0 Å². The minimum absolute atomic E-state index is 0.158. The smallest absolute Gasteiger partial charge is 0.119 e. The normalized spacial score (nSPS) is 15.5. The molecule has 1 saturated heterocycles. The molecule has 0 spiro atoms. The van der Waals surface area contributed by atoms with E-state index in [1.807, 2.05) is 50.2 Å². The Bertz CT molecular complexity index is 1370. The lowest BCUT2D eigenvalue weighted by molar-refractivity contribution is -0.0717. The Morgan fingerprint density at radius 1 is 0.707 bits per heavy atom. The Kier molecular flexibility index (Phi) is 9.09. The van der Waals surface area contributed by atoms with Crippen LogP contribution >= 0.6 is 0 Å². The molecule has 5 nitrogen and oxygen atoms in total. The summed E-state index contributed by atoms with van der Waals surface area (Å²) in [6.07, 6.45) is -0.499. The summed E-state index contributed by atoms with van der Waals surface area (Å²) >= 11 is 0. The molecular weight excluding hydrogens is 512 g/mol. The Labute approximate surface area is 243 Å². The first-order valence-electron chi connectivity index (χ1n) is 14.4. The van der Waals surface area contributed by atoms with E-state index in [0.29, 0.717) is 12.5 Å². The molecule has 4 aromatic carbocycles. The monoisotopic (exact) mass is 552 g/mol. The van der Waals surface area contributed by atoms with Crippen molar-refractivity contribution in [2.24, 2.45) is 0 Å². The second kappa shape index (κ2) is 12.9. The molecule has 41 heavy (non-hydrogen) atoms. The van der Waals surface area contributed by atoms with Gasteiger partial charge in [0, 0.05) is 0 Å². The highest BCUT2D eigenvalue weighted by Gasteiger charge is 2.24. The van der Waals surface area contributed by atoms with Gasteiger partial charge in [-0.25, -0.2) is 0 Å². The molecule has 0 aromatic heterocycles. The van der Waals surface area contributed by atoms with E-state index in [4.69, 9.17) is 18.9 Å². The van der Waals surface area contributed by atoms with Gasteiger partial charge < -0.3 is 24.1 Å². The first-order chi connectivity index (χ1) is 19.8. The van der Waals surface area contributed by atoms with Gasteiger partial charge in [-0.15, -0.1) is 0 Å². The fourth-order valence-corrected chi connectivity index (χ4v) is 4.59. The summed E-state index contributed by atoms with van der Waals surface area (Å²) in [6.45, 7) is 10.1. The molecule has 1 heterocycles. The van der Waals surface area contributed by atoms with Crippen molar-refractivity contribution in [2.45, 2.75) is 51.4 Å². The van der Waals surface area contributed by atoms with E-state index in [2.05, 4.69) is 74.5 Å². The van der Waals surface area contributed by atoms with Crippen LogP contribution in [0.4, 0.5) is 0 Å². The molecule has 0 saturated carbocycles. The van der Waals surface area contributed by atoms with E-state index in [1.165, 1.54) is 11.1 Å². The zero-order valence-corrected chi connectivity index (χ0v) is 24.4. The molecule has 0 amide bonds. The highest BCUT2D eigenvalue weighted by atomic mass is 16.6. The topological polar surface area (TPSA) is 60.5 Å². The van der Waals surface area contributed by atoms with Crippen LogP contribution in [0.25, 0.3) is 22.3 Å². The van der Waals surface area contributed by atoms with Crippen molar-refractivity contribution in [2.75, 3.05) is 26.4 Å². The van der Waals surface area contributed by atoms with E-state index in [0.717, 1.165) is 40.4 Å². The van der Waals surface area contributed by atoms with Crippen LogP contribution in [-0.4, -0.2) is 43.7 Å². The molecule has 0 bridgehead atoms. The lowest BCUT2D eigenvalue weighted by Crippen LogP contribution is -2.30. The number of ether oxygens (including phenoxy) is 4. The van der Waals surface area contributed by atoms with Gasteiger partial charge in [0.25, 0.3) is 0 Å². The molecule has 1 aliphatic rings. The predicted octanol–water partition coefficient (Wildman–Crippen LogP) is 7.61. The van der Waals surface area contributed by atoms with E-state index >= 15 is 0 Å². The second-order valence-electron chi connectivity index (χ2n) is 11.5. The van der Waals surface area contributed by atoms with E-state index in [9.17, 15) is 5.11 Å². The Morgan fingerprint density at radius 2 is 1.17 bits per heavy atom. The number of benzene rings is 4. The van der Waals surface area contributed by atoms with E-state index in [-0.39, 0.29) is 19.3 Å². The fraction of sp³-hybridized carbons (Fsp3) is 0.333. The van der Waals surface area contributed by atoms with Gasteiger partial charge in [0.1, 0.15) is 36.9 Å². The van der Waals surface area contributed by atoms with Crippen LogP contribution in [0.5, 0.6) is 11.5 Å². The highest BCUT2D eigenvalue weighted by Crippen LogP contribution is 2.29. The maximum atomic E-state index is 10.5. The summed E-state index contributed by atoms with van der Waals surface area (Å²) in [5, 5.41) is 10.5. The second-order valence-corrected chi connectivity index (χ2v) is 11.5. The molecule has 4 aromatic rings. The van der Waals surface area contributed by atoms with Gasteiger partial charge >= 0.3 is 0 Å². The Morgan fingerprint density at radius 3 is 1.66 bits per heavy atom. The number of hydrogen-bond donors (Lipinski definition) is 1. The third-order valence-corrected chi connectivity index (χ3v) is 7.45. The maximum Gasteiger partial charge on any atom is 0.119 e. The molecule has 0 aliphatic carbocycles. The number of epoxide rings is 1. The molecule has 1 aliphatic heterocycles. The summed E-state index contributed by atoms with van der Waals surface area (Å²) in [4.78, 5) is 0. The summed E-state index contributed by atoms with van der Waals surface area (Å²) in [6, 6.07) is 33.1. The summed E-state index contributed by atoms with van der Waals surface area (Å²) < 4.78 is 22.9. The van der Waals surface area contributed by atoms with Crippen LogP contribution in [0.15, 0.2) is 97.1 Å². The molecule has 2 atom stereocenters. The first kappa shape index (κ1) is 28.9. The number of aliphatic hydroxyl groups excluding tert-OH is 1. The van der Waals surface area contributed by atoms with E-state index < -0.39 is 11.7 Å². The quantitative estimate of drug-likeness (QED) is 0.173. The number of rotatable bonds is 13. The zero-order valence-electron chi connectivity index (χ0n) is 24.4. The fourth-order valence-electron chi connectivity index (χ4n) is 4.59. The van der Waals surface area contributed by atoms with Gasteiger partial charge in [0.05, 0.1) is 18.8 Å². The molecule has 0 radical (unpaired) electrons. The van der Waals surface area contributed by atoms with Gasteiger partial charge in [-0.2, -0.15) is 0 Å². The van der Waals surface area contributed by atoms with Crippen LogP contribution in [0.2, 0.25) is 0 Å². The maximum absolute atomic E-state index is 10.5. The molecule has 1 fully saturated rings. The molecule has 2 unspecified atom stereocenters. The minimum atomic E-state index is -0.746. The van der Waals surface area contributed by atoms with Gasteiger partial charge in [-0.3, -0.25) is 0 Å². The van der Waals surface area contributed by atoms with Crippen molar-refractivity contribution in [3.8, 4) is 33.8 Å². The Hall–Kier alpha value is -3.64. The largest absolute Gasteiger partial charge is 0.491 e. The van der Waals surface area contributed by atoms with Crippen LogP contribution in [-0.2, 0) is 15.1 Å². The lowest BCUT2D eigenvalue weighted by atomic mass is 9.95. The van der Waals surface area contributed by atoms with Gasteiger partial charge in [0.15, 0.2) is 0 Å². The summed E-state index contributed by atoms with van der Waals surface area (Å²) in [7, 11) is 0. The van der Waals surface area contributed by atoms with E-state index in [1.54, 1.807) is 0 Å². The van der Waals surface area contributed by atoms with Crippen molar-refractivity contribution in [3.63, 3.8) is 0 Å². The molecule has 214 valence electrons. The van der Waals surface area contributed by atoms with Crippen molar-refractivity contribution in [1.29, 1.82) is 0 Å². The average molecular weight is 553 g/mol. The summed E-state index contributed by atoms with van der Waals surface area (Å²) in [5.41, 5.74) is 6.35. The molecular formula is C36H40O5. The van der Waals surface area contributed by atoms with Crippen molar-refractivity contribution >= 4 is 0 Å². The third kappa shape index (κ3) is 7.98. The standard InChI is InChI=1S/C36H40O5/c1-25(2)26-5-7-27(8-6-26)29-11-17-33(18-12-29)38-21-32(37)22-41-36(3,4)31-15-9-28(10-16-31)30-13-19-34(20-14-30)39-23-35-24-40-35/h5-20,25,32,35,37H,21-24H2,1-4H3. The number of aliphatic hydroxyl groups is 1. The lowest BCUT2D eigenvalue weighted by Gasteiger charge is -2.27. The van der Waals surface area contributed by atoms with Crippen molar-refractivity contribution < 1.29 is 24.1 Å². The van der Waals surface area contributed by atoms with Crippen LogP contribution in [0.3, 0.4) is 0 Å². The molecule has 5 rings (SSSR count). The zero-order chi connectivity index (χ0) is 28.8. The Balaban J connectivity index is 1.08. The SMILES string of the molecule is CC(C)c1ccc(-c2ccc(OCC(O)COC(C)(C)c3ccc(-c4ccc(OCC5CO5)cc4)cc3)cc2)cc1. The van der Waals surface area contributed by atoms with Gasteiger partial charge in [0.2, 0.25) is 0 Å². The van der Waals surface area contributed by atoms with Gasteiger partial charge in [-0.1, -0.05) is 86.6 Å². The minimum Gasteiger partial charge on any atom is -0.491 e. The van der Waals surface area contributed by atoms with Crippen molar-refractivity contribution in [3.05, 3.63) is 108 Å². The van der Waals surface area contributed by atoms with Crippen LogP contribution in [0.1, 0.15) is 44.7 Å². The van der Waals surface area contributed by atoms with Crippen LogP contribution in [0, 0.1) is 0 Å². The predicted molar refractivity (Wildman–Crippen MR) is 164 cm³/mol. The van der Waals surface area contributed by atoms with Gasteiger partial charge in [-0.05, 0) is 77.4 Å². The molecule has 1 N–H and O–H groups in total. The number of hydrogen-bond acceptors (Lipinski definition) is 5. The first-order valence-corrected chi connectivity index (χ1v) is 14.4. The average Bonchev–Trinajstić information content (AvgIpc) is 3.83. The third-order valence-electron chi connectivity index (χ3n) is 7.45.